The number of hydrogen-bond donors (Lipinski definition) is 3. The molecule has 1 aromatic heterocycles. The van der Waals surface area contributed by atoms with Crippen LogP contribution in [0, 0.1) is 6.92 Å². The van der Waals surface area contributed by atoms with Crippen molar-refractivity contribution < 1.29 is 27.5 Å². The minimum atomic E-state index is -4.38. The number of amides is 2. The van der Waals surface area contributed by atoms with Crippen molar-refractivity contribution in [2.45, 2.75) is 50.9 Å². The van der Waals surface area contributed by atoms with Crippen LogP contribution in [0.5, 0.6) is 5.75 Å². The number of benzene rings is 2. The number of hydrogen-bond acceptors (Lipinski definition) is 3. The third kappa shape index (κ3) is 5.47. The van der Waals surface area contributed by atoms with E-state index in [1.165, 1.54) is 12.1 Å². The Balaban J connectivity index is 1.25. The normalized spacial score (nSPS) is 18.7. The van der Waals surface area contributed by atoms with Crippen molar-refractivity contribution in [1.82, 2.24) is 10.3 Å². The van der Waals surface area contributed by atoms with Gasteiger partial charge in [-0.1, -0.05) is 11.6 Å². The lowest BCUT2D eigenvalue weighted by atomic mass is 9.93. The number of carbonyl (C=O) groups excluding carboxylic acids is 2. The molecule has 0 saturated heterocycles. The molecule has 6 nitrogen and oxygen atoms in total. The van der Waals surface area contributed by atoms with Gasteiger partial charge in [0.25, 0.3) is 0 Å². The first kappa shape index (κ1) is 22.7. The summed E-state index contributed by atoms with van der Waals surface area (Å²) in [6.45, 7) is 1.95. The summed E-state index contributed by atoms with van der Waals surface area (Å²) in [5.41, 5.74) is 1.73. The third-order valence-corrected chi connectivity index (χ3v) is 5.79. The molecule has 1 aliphatic rings. The molecule has 3 N–H and O–H groups in total. The highest BCUT2D eigenvalue weighted by Gasteiger charge is 2.30. The summed E-state index contributed by atoms with van der Waals surface area (Å²) >= 11 is 0. The maximum atomic E-state index is 12.7. The second kappa shape index (κ2) is 9.17. The zero-order valence-electron chi connectivity index (χ0n) is 18.0. The van der Waals surface area contributed by atoms with Gasteiger partial charge in [-0.25, -0.2) is 0 Å². The minimum Gasteiger partial charge on any atom is -0.490 e. The van der Waals surface area contributed by atoms with E-state index in [2.05, 4.69) is 15.6 Å². The number of carbonyl (C=O) groups is 2. The van der Waals surface area contributed by atoms with Gasteiger partial charge in [0.05, 0.1) is 17.4 Å². The van der Waals surface area contributed by atoms with Gasteiger partial charge in [-0.2, -0.15) is 13.2 Å². The van der Waals surface area contributed by atoms with Gasteiger partial charge in [-0.15, -0.1) is 0 Å². The van der Waals surface area contributed by atoms with Crippen molar-refractivity contribution in [2.24, 2.45) is 0 Å². The van der Waals surface area contributed by atoms with Crippen LogP contribution in [0.2, 0.25) is 0 Å². The summed E-state index contributed by atoms with van der Waals surface area (Å²) in [6.07, 6.45) is -0.427. The zero-order valence-corrected chi connectivity index (χ0v) is 18.0. The van der Waals surface area contributed by atoms with Crippen LogP contribution in [-0.2, 0) is 15.8 Å². The summed E-state index contributed by atoms with van der Waals surface area (Å²) in [5.74, 6) is -1.06. The highest BCUT2D eigenvalue weighted by atomic mass is 19.4. The number of rotatable bonds is 4. The number of alkyl halides is 3. The van der Waals surface area contributed by atoms with E-state index in [0.29, 0.717) is 37.1 Å². The van der Waals surface area contributed by atoms with Crippen molar-refractivity contribution in [3.8, 4) is 5.75 Å². The fraction of sp³-hybridized carbons (Fsp3) is 0.333. The topological polar surface area (TPSA) is 83.2 Å². The maximum Gasteiger partial charge on any atom is 0.416 e. The monoisotopic (exact) mass is 459 g/mol. The van der Waals surface area contributed by atoms with E-state index in [9.17, 15) is 22.8 Å². The molecule has 33 heavy (non-hydrogen) atoms. The van der Waals surface area contributed by atoms with Crippen molar-refractivity contribution in [3.05, 3.63) is 59.8 Å². The van der Waals surface area contributed by atoms with Crippen LogP contribution in [-0.4, -0.2) is 28.9 Å². The number of aromatic amines is 1. The summed E-state index contributed by atoms with van der Waals surface area (Å²) in [6, 6.07) is 10.2. The first-order chi connectivity index (χ1) is 15.7. The van der Waals surface area contributed by atoms with Crippen molar-refractivity contribution in [2.75, 3.05) is 5.32 Å². The van der Waals surface area contributed by atoms with Crippen LogP contribution in [0.4, 0.5) is 18.9 Å². The van der Waals surface area contributed by atoms with Gasteiger partial charge < -0.3 is 20.4 Å². The van der Waals surface area contributed by atoms with Gasteiger partial charge >= 0.3 is 18.0 Å². The molecule has 9 heteroatoms. The Morgan fingerprint density at radius 3 is 2.36 bits per heavy atom. The Hall–Kier alpha value is -3.49. The van der Waals surface area contributed by atoms with E-state index >= 15 is 0 Å². The largest absolute Gasteiger partial charge is 0.490 e. The third-order valence-electron chi connectivity index (χ3n) is 5.79. The van der Waals surface area contributed by atoms with Crippen LogP contribution < -0.4 is 15.4 Å². The minimum absolute atomic E-state index is 0.154. The molecule has 174 valence electrons. The molecule has 1 fully saturated rings. The Bertz CT molecular complexity index is 1150. The molecular weight excluding hydrogens is 435 g/mol. The number of nitrogens with one attached hydrogen (secondary N) is 3. The van der Waals surface area contributed by atoms with Crippen molar-refractivity contribution in [1.29, 1.82) is 0 Å². The molecule has 1 heterocycles. The molecule has 0 aliphatic heterocycles. The standard InChI is InChI=1S/C24H24F3N3O3/c1-14-2-11-20-19(12-14)21(13-28-20)30-23(32)22(31)29-16-5-9-18(10-6-16)33-17-7-3-15(4-8-17)24(25,26)27/h2-4,7-8,11-13,16,18,28H,5-6,9-10H2,1H3,(H,29,31)(H,30,32). The molecular formula is C24H24F3N3O3. The SMILES string of the molecule is Cc1ccc2[nH]cc(NC(=O)C(=O)NC3CCC(Oc4ccc(C(F)(F)F)cc4)CC3)c2c1. The van der Waals surface area contributed by atoms with Crippen LogP contribution in [0.15, 0.2) is 48.7 Å². The molecule has 0 bridgehead atoms. The fourth-order valence-electron chi connectivity index (χ4n) is 4.01. The zero-order chi connectivity index (χ0) is 23.6. The number of aromatic nitrogens is 1. The molecule has 0 atom stereocenters. The number of H-pyrrole nitrogens is 1. The van der Waals surface area contributed by atoms with Gasteiger partial charge in [-0.3, -0.25) is 9.59 Å². The Morgan fingerprint density at radius 2 is 1.70 bits per heavy atom. The average molecular weight is 459 g/mol. The molecule has 0 radical (unpaired) electrons. The van der Waals surface area contributed by atoms with Gasteiger partial charge in [0.15, 0.2) is 0 Å². The molecule has 3 aromatic rings. The highest BCUT2D eigenvalue weighted by Crippen LogP contribution is 2.31. The molecule has 4 rings (SSSR count). The number of fused-ring (bicyclic) bond motifs is 1. The second-order valence-corrected chi connectivity index (χ2v) is 8.29. The predicted octanol–water partition coefficient (Wildman–Crippen LogP) is 4.94. The molecule has 1 saturated carbocycles. The number of anilines is 1. The average Bonchev–Trinajstić information content (AvgIpc) is 3.16. The molecule has 0 unspecified atom stereocenters. The highest BCUT2D eigenvalue weighted by molar-refractivity contribution is 6.40. The first-order valence-corrected chi connectivity index (χ1v) is 10.7. The lowest BCUT2D eigenvalue weighted by Gasteiger charge is -2.29. The van der Waals surface area contributed by atoms with E-state index in [1.807, 2.05) is 25.1 Å². The van der Waals surface area contributed by atoms with Crippen LogP contribution >= 0.6 is 0 Å². The summed E-state index contributed by atoms with van der Waals surface area (Å²) < 4.78 is 43.8. The summed E-state index contributed by atoms with van der Waals surface area (Å²) in [7, 11) is 0. The number of aryl methyl sites for hydroxylation is 1. The van der Waals surface area contributed by atoms with Crippen LogP contribution in [0.1, 0.15) is 36.8 Å². The van der Waals surface area contributed by atoms with Gasteiger partial charge in [0, 0.05) is 23.1 Å². The summed E-state index contributed by atoms with van der Waals surface area (Å²) in [4.78, 5) is 27.8. The first-order valence-electron chi connectivity index (χ1n) is 10.7. The Kier molecular flexibility index (Phi) is 6.31. The lowest BCUT2D eigenvalue weighted by molar-refractivity contribution is -0.137. The van der Waals surface area contributed by atoms with Gasteiger partial charge in [0.1, 0.15) is 5.75 Å². The van der Waals surface area contributed by atoms with Gasteiger partial charge in [0.2, 0.25) is 0 Å². The smallest absolute Gasteiger partial charge is 0.416 e. The van der Waals surface area contributed by atoms with E-state index in [4.69, 9.17) is 4.74 Å². The van der Waals surface area contributed by atoms with E-state index in [1.54, 1.807) is 6.20 Å². The molecule has 2 amide bonds. The second-order valence-electron chi connectivity index (χ2n) is 8.29. The molecule has 0 spiro atoms. The lowest BCUT2D eigenvalue weighted by Crippen LogP contribution is -2.44. The quantitative estimate of drug-likeness (QED) is 0.484. The maximum absolute atomic E-state index is 12.7. The molecule has 1 aliphatic carbocycles. The Morgan fingerprint density at radius 1 is 1.00 bits per heavy atom. The van der Waals surface area contributed by atoms with Crippen molar-refractivity contribution in [3.63, 3.8) is 0 Å². The van der Waals surface area contributed by atoms with Crippen molar-refractivity contribution >= 4 is 28.4 Å². The van der Waals surface area contributed by atoms with Crippen LogP contribution in [0.25, 0.3) is 10.9 Å². The summed E-state index contributed by atoms with van der Waals surface area (Å²) in [5, 5.41) is 6.24. The fourth-order valence-corrected chi connectivity index (χ4v) is 4.01. The Labute approximate surface area is 188 Å². The van der Waals surface area contributed by atoms with E-state index in [-0.39, 0.29) is 12.1 Å². The predicted molar refractivity (Wildman–Crippen MR) is 118 cm³/mol. The number of ether oxygens (including phenoxy) is 1. The van der Waals surface area contributed by atoms with Crippen LogP contribution in [0.3, 0.4) is 0 Å². The number of halogens is 3. The van der Waals surface area contributed by atoms with E-state index < -0.39 is 23.6 Å². The van der Waals surface area contributed by atoms with Gasteiger partial charge in [-0.05, 0) is 69.0 Å². The molecule has 2 aromatic carbocycles. The van der Waals surface area contributed by atoms with E-state index in [0.717, 1.165) is 28.6 Å².